The predicted molar refractivity (Wildman–Crippen MR) is 58.5 cm³/mol. The summed E-state index contributed by atoms with van der Waals surface area (Å²) in [7, 11) is 1.40. The lowest BCUT2D eigenvalue weighted by molar-refractivity contribution is -0.152. The first kappa shape index (κ1) is 12.7. The normalized spacial score (nSPS) is 26.3. The molecule has 0 aromatic rings. The van der Waals surface area contributed by atoms with Crippen molar-refractivity contribution in [1.29, 1.82) is 0 Å². The summed E-state index contributed by atoms with van der Waals surface area (Å²) in [5.41, 5.74) is -1.07. The second kappa shape index (κ2) is 4.23. The van der Waals surface area contributed by atoms with Crippen LogP contribution in [0.2, 0.25) is 0 Å². The van der Waals surface area contributed by atoms with E-state index in [9.17, 15) is 14.4 Å². The summed E-state index contributed by atoms with van der Waals surface area (Å²) in [4.78, 5) is 36.2. The smallest absolute Gasteiger partial charge is 0.277 e. The van der Waals surface area contributed by atoms with Crippen LogP contribution in [0.25, 0.3) is 0 Å². The van der Waals surface area contributed by atoms with Gasteiger partial charge in [0.2, 0.25) is 11.8 Å². The minimum Gasteiger partial charge on any atom is -0.277 e. The molecule has 90 valence electrons. The van der Waals surface area contributed by atoms with Crippen LogP contribution in [-0.4, -0.2) is 29.8 Å². The third kappa shape index (κ3) is 1.81. The van der Waals surface area contributed by atoms with E-state index in [1.54, 1.807) is 6.92 Å². The van der Waals surface area contributed by atoms with E-state index in [1.165, 1.54) is 7.05 Å². The molecule has 1 saturated heterocycles. The zero-order valence-electron chi connectivity index (χ0n) is 10.2. The second-order valence-electron chi connectivity index (χ2n) is 4.66. The van der Waals surface area contributed by atoms with Gasteiger partial charge in [0.05, 0.1) is 0 Å². The fraction of sp³-hybridized carbons (Fsp3) is 0.727. The maximum absolute atomic E-state index is 12.1. The van der Waals surface area contributed by atoms with Crippen molar-refractivity contribution in [2.45, 2.75) is 33.6 Å². The Labute approximate surface area is 95.2 Å². The van der Waals surface area contributed by atoms with E-state index in [0.29, 0.717) is 12.8 Å². The second-order valence-corrected chi connectivity index (χ2v) is 4.66. The van der Waals surface area contributed by atoms with Gasteiger partial charge in [-0.15, -0.1) is 0 Å². The molecule has 0 spiro atoms. The first-order valence-corrected chi connectivity index (χ1v) is 5.48. The Hall–Kier alpha value is -1.39. The number of carbonyl (C=O) groups excluding carboxylic acids is 3. The molecule has 0 bridgehead atoms. The van der Waals surface area contributed by atoms with Crippen molar-refractivity contribution < 1.29 is 14.4 Å². The van der Waals surface area contributed by atoms with Crippen LogP contribution in [0.5, 0.6) is 0 Å². The highest BCUT2D eigenvalue weighted by atomic mass is 16.2. The molecule has 16 heavy (non-hydrogen) atoms. The van der Waals surface area contributed by atoms with Crippen molar-refractivity contribution >= 4 is 17.8 Å². The standard InChI is InChI=1S/C11H18N2O3/c1-5-11(6-7(2)3)8(14)12-10(16)13(4)9(11)15/h7H,5-6H2,1-4H3,(H,12,14,16). The molecule has 1 fully saturated rings. The summed E-state index contributed by atoms with van der Waals surface area (Å²) in [6.45, 7) is 5.70. The average molecular weight is 226 g/mol. The van der Waals surface area contributed by atoms with Crippen LogP contribution in [0.3, 0.4) is 0 Å². The number of barbiturate groups is 1. The van der Waals surface area contributed by atoms with E-state index in [2.05, 4.69) is 5.32 Å². The van der Waals surface area contributed by atoms with E-state index >= 15 is 0 Å². The van der Waals surface area contributed by atoms with Gasteiger partial charge in [-0.25, -0.2) is 4.79 Å². The molecule has 4 amide bonds. The van der Waals surface area contributed by atoms with E-state index < -0.39 is 23.3 Å². The third-order valence-electron chi connectivity index (χ3n) is 3.03. The molecule has 1 aliphatic heterocycles. The highest BCUT2D eigenvalue weighted by Crippen LogP contribution is 2.34. The minimum atomic E-state index is -1.07. The Morgan fingerprint density at radius 3 is 2.31 bits per heavy atom. The van der Waals surface area contributed by atoms with E-state index in [0.717, 1.165) is 4.90 Å². The van der Waals surface area contributed by atoms with Gasteiger partial charge in [0.1, 0.15) is 5.41 Å². The van der Waals surface area contributed by atoms with Crippen LogP contribution in [0.15, 0.2) is 0 Å². The van der Waals surface area contributed by atoms with Gasteiger partial charge in [0.25, 0.3) is 0 Å². The van der Waals surface area contributed by atoms with Crippen molar-refractivity contribution in [3.8, 4) is 0 Å². The monoisotopic (exact) mass is 226 g/mol. The maximum Gasteiger partial charge on any atom is 0.330 e. The zero-order valence-corrected chi connectivity index (χ0v) is 10.2. The molecule has 1 unspecified atom stereocenters. The van der Waals surface area contributed by atoms with E-state index in [-0.39, 0.29) is 5.92 Å². The Morgan fingerprint density at radius 1 is 1.31 bits per heavy atom. The third-order valence-corrected chi connectivity index (χ3v) is 3.03. The number of hydrogen-bond donors (Lipinski definition) is 1. The molecule has 5 nitrogen and oxygen atoms in total. The number of carbonyl (C=O) groups is 3. The maximum atomic E-state index is 12.1. The van der Waals surface area contributed by atoms with Gasteiger partial charge in [0, 0.05) is 7.05 Å². The van der Waals surface area contributed by atoms with Crippen LogP contribution in [-0.2, 0) is 9.59 Å². The van der Waals surface area contributed by atoms with E-state index in [1.807, 2.05) is 13.8 Å². The molecule has 1 heterocycles. The number of nitrogens with zero attached hydrogens (tertiary/aromatic N) is 1. The average Bonchev–Trinajstić information content (AvgIpc) is 2.21. The largest absolute Gasteiger partial charge is 0.330 e. The van der Waals surface area contributed by atoms with Crippen LogP contribution < -0.4 is 5.32 Å². The first-order chi connectivity index (χ1) is 7.35. The first-order valence-electron chi connectivity index (χ1n) is 5.48. The van der Waals surface area contributed by atoms with Gasteiger partial charge in [-0.05, 0) is 18.8 Å². The SMILES string of the molecule is CCC1(CC(C)C)C(=O)NC(=O)N(C)C1=O. The molecular formula is C11H18N2O3. The number of imide groups is 2. The lowest BCUT2D eigenvalue weighted by atomic mass is 9.75. The molecule has 1 N–H and O–H groups in total. The topological polar surface area (TPSA) is 66.5 Å². The molecule has 0 radical (unpaired) electrons. The van der Waals surface area contributed by atoms with Crippen molar-refractivity contribution in [3.63, 3.8) is 0 Å². The van der Waals surface area contributed by atoms with Crippen LogP contribution in [0.4, 0.5) is 4.79 Å². The zero-order chi connectivity index (χ0) is 12.5. The molecule has 1 atom stereocenters. The number of urea groups is 1. The molecule has 0 aromatic carbocycles. The molecule has 0 aliphatic carbocycles. The summed E-state index contributed by atoms with van der Waals surface area (Å²) in [6, 6.07) is -0.636. The van der Waals surface area contributed by atoms with Crippen molar-refractivity contribution in [2.24, 2.45) is 11.3 Å². The molecule has 5 heteroatoms. The number of rotatable bonds is 3. The van der Waals surface area contributed by atoms with Gasteiger partial charge >= 0.3 is 6.03 Å². The Morgan fingerprint density at radius 2 is 1.88 bits per heavy atom. The summed E-state index contributed by atoms with van der Waals surface area (Å²) in [5, 5.41) is 2.23. The summed E-state index contributed by atoms with van der Waals surface area (Å²) < 4.78 is 0. The van der Waals surface area contributed by atoms with Crippen molar-refractivity contribution in [1.82, 2.24) is 10.2 Å². The fourth-order valence-electron chi connectivity index (χ4n) is 2.14. The molecule has 1 aliphatic rings. The lowest BCUT2D eigenvalue weighted by Crippen LogP contribution is -2.62. The van der Waals surface area contributed by atoms with Crippen LogP contribution in [0.1, 0.15) is 33.6 Å². The van der Waals surface area contributed by atoms with Gasteiger partial charge in [-0.1, -0.05) is 20.8 Å². The fourth-order valence-corrected chi connectivity index (χ4v) is 2.14. The Bertz CT molecular complexity index is 338. The number of hydrogen-bond acceptors (Lipinski definition) is 3. The predicted octanol–water partition coefficient (Wildman–Crippen LogP) is 1.14. The number of amides is 4. The van der Waals surface area contributed by atoms with Crippen molar-refractivity contribution in [3.05, 3.63) is 0 Å². The van der Waals surface area contributed by atoms with Gasteiger partial charge < -0.3 is 0 Å². The quantitative estimate of drug-likeness (QED) is 0.734. The van der Waals surface area contributed by atoms with Crippen LogP contribution >= 0.6 is 0 Å². The number of nitrogens with one attached hydrogen (secondary N) is 1. The summed E-state index contributed by atoms with van der Waals surface area (Å²) >= 11 is 0. The molecule has 0 saturated carbocycles. The Balaban J connectivity index is 3.11. The Kier molecular flexibility index (Phi) is 3.35. The summed E-state index contributed by atoms with van der Waals surface area (Å²) in [6.07, 6.45) is 0.874. The van der Waals surface area contributed by atoms with Crippen molar-refractivity contribution in [2.75, 3.05) is 7.05 Å². The molecule has 0 aromatic heterocycles. The minimum absolute atomic E-state index is 0.219. The van der Waals surface area contributed by atoms with Gasteiger partial charge in [-0.2, -0.15) is 0 Å². The van der Waals surface area contributed by atoms with Gasteiger partial charge in [-0.3, -0.25) is 19.8 Å². The summed E-state index contributed by atoms with van der Waals surface area (Å²) in [5.74, 6) is -0.634. The molecular weight excluding hydrogens is 208 g/mol. The highest BCUT2D eigenvalue weighted by molar-refractivity contribution is 6.18. The molecule has 1 rings (SSSR count). The lowest BCUT2D eigenvalue weighted by Gasteiger charge is -2.38. The van der Waals surface area contributed by atoms with E-state index in [4.69, 9.17) is 0 Å². The van der Waals surface area contributed by atoms with Crippen LogP contribution in [0, 0.1) is 11.3 Å². The highest BCUT2D eigenvalue weighted by Gasteiger charge is 2.51. The van der Waals surface area contributed by atoms with Gasteiger partial charge in [0.15, 0.2) is 0 Å².